The number of thioether (sulfide) groups is 1. The number of aromatic nitrogens is 4. The first-order valence-corrected chi connectivity index (χ1v) is 13.3. The Morgan fingerprint density at radius 3 is 2.47 bits per heavy atom. The molecule has 7 nitrogen and oxygen atoms in total. The van der Waals surface area contributed by atoms with Crippen molar-refractivity contribution in [3.05, 3.63) is 84.7 Å². The maximum atomic E-state index is 13.0. The number of anilines is 2. The number of amides is 1. The zero-order valence-corrected chi connectivity index (χ0v) is 21.2. The molecule has 0 radical (unpaired) electrons. The van der Waals surface area contributed by atoms with Crippen molar-refractivity contribution in [1.82, 2.24) is 19.7 Å². The number of piperidine rings is 1. The van der Waals surface area contributed by atoms with Crippen molar-refractivity contribution in [3.63, 3.8) is 0 Å². The Labute approximate surface area is 216 Å². The summed E-state index contributed by atoms with van der Waals surface area (Å²) in [6, 6.07) is 22.2. The first-order valence-electron chi connectivity index (χ1n) is 12.4. The van der Waals surface area contributed by atoms with Crippen molar-refractivity contribution < 1.29 is 4.79 Å². The van der Waals surface area contributed by atoms with E-state index in [-0.39, 0.29) is 11.2 Å². The van der Waals surface area contributed by atoms with Crippen LogP contribution in [0.2, 0.25) is 0 Å². The topological polar surface area (TPSA) is 75.9 Å². The minimum Gasteiger partial charge on any atom is -0.372 e. The average molecular weight is 499 g/mol. The molecule has 1 aliphatic heterocycles. The number of hydrogen-bond acceptors (Lipinski definition) is 6. The summed E-state index contributed by atoms with van der Waals surface area (Å²) in [6.45, 7) is 4.70. The van der Waals surface area contributed by atoms with Gasteiger partial charge < -0.3 is 10.2 Å². The number of benzene rings is 2. The lowest BCUT2D eigenvalue weighted by Gasteiger charge is -2.28. The summed E-state index contributed by atoms with van der Waals surface area (Å²) in [5.41, 5.74) is 4.04. The molecule has 0 bridgehead atoms. The van der Waals surface area contributed by atoms with E-state index in [1.807, 2.05) is 54.0 Å². The quantitative estimate of drug-likeness (QED) is 0.324. The summed E-state index contributed by atoms with van der Waals surface area (Å²) in [5.74, 6) is 0.665. The van der Waals surface area contributed by atoms with Gasteiger partial charge in [-0.2, -0.15) is 0 Å². The molecule has 1 amide bonds. The van der Waals surface area contributed by atoms with Gasteiger partial charge in [-0.15, -0.1) is 10.2 Å². The Bertz CT molecular complexity index is 1270. The van der Waals surface area contributed by atoms with Gasteiger partial charge in [0.2, 0.25) is 5.91 Å². The molecule has 0 aliphatic carbocycles. The minimum atomic E-state index is -0.354. The number of carbonyl (C=O) groups excluding carboxylic acids is 1. The maximum Gasteiger partial charge on any atom is 0.237 e. The van der Waals surface area contributed by atoms with Crippen LogP contribution in [0.15, 0.2) is 84.3 Å². The number of pyridine rings is 1. The summed E-state index contributed by atoms with van der Waals surface area (Å²) >= 11 is 1.41. The fourth-order valence-electron chi connectivity index (χ4n) is 4.36. The number of hydrogen-bond donors (Lipinski definition) is 1. The summed E-state index contributed by atoms with van der Waals surface area (Å²) in [6.07, 6.45) is 7.31. The molecule has 0 saturated carbocycles. The molecule has 1 atom stereocenters. The van der Waals surface area contributed by atoms with Gasteiger partial charge in [0.1, 0.15) is 0 Å². The summed E-state index contributed by atoms with van der Waals surface area (Å²) in [7, 11) is 0. The largest absolute Gasteiger partial charge is 0.372 e. The molecule has 1 unspecified atom stereocenters. The van der Waals surface area contributed by atoms with Crippen LogP contribution in [-0.4, -0.2) is 44.0 Å². The third kappa shape index (κ3) is 5.76. The lowest BCUT2D eigenvalue weighted by Crippen LogP contribution is -2.29. The van der Waals surface area contributed by atoms with E-state index in [2.05, 4.69) is 49.7 Å². The molecule has 1 saturated heterocycles. The highest BCUT2D eigenvalue weighted by Gasteiger charge is 2.21. The second-order valence-corrected chi connectivity index (χ2v) is 10.3. The van der Waals surface area contributed by atoms with Crippen molar-refractivity contribution in [2.45, 2.75) is 43.1 Å². The molecule has 1 fully saturated rings. The van der Waals surface area contributed by atoms with Gasteiger partial charge in [0, 0.05) is 42.4 Å². The van der Waals surface area contributed by atoms with Crippen molar-refractivity contribution in [2.24, 2.45) is 0 Å². The first-order chi connectivity index (χ1) is 17.7. The molecule has 4 aromatic rings. The average Bonchev–Trinajstić information content (AvgIpc) is 3.32. The zero-order chi connectivity index (χ0) is 24.7. The van der Waals surface area contributed by atoms with Crippen LogP contribution in [-0.2, 0) is 11.3 Å². The van der Waals surface area contributed by atoms with Crippen LogP contribution < -0.4 is 10.2 Å². The van der Waals surface area contributed by atoms with Gasteiger partial charge in [0.15, 0.2) is 11.0 Å². The Kier molecular flexibility index (Phi) is 7.61. The highest BCUT2D eigenvalue weighted by Crippen LogP contribution is 2.28. The van der Waals surface area contributed by atoms with Crippen molar-refractivity contribution in [3.8, 4) is 11.4 Å². The third-order valence-electron chi connectivity index (χ3n) is 6.33. The molecular weight excluding hydrogens is 468 g/mol. The zero-order valence-electron chi connectivity index (χ0n) is 20.4. The molecule has 1 aliphatic rings. The Morgan fingerprint density at radius 2 is 1.75 bits per heavy atom. The minimum absolute atomic E-state index is 0.0667. The smallest absolute Gasteiger partial charge is 0.237 e. The van der Waals surface area contributed by atoms with Gasteiger partial charge in [0.05, 0.1) is 11.8 Å². The molecule has 184 valence electrons. The van der Waals surface area contributed by atoms with Crippen LogP contribution in [0.5, 0.6) is 0 Å². The van der Waals surface area contributed by atoms with Crippen molar-refractivity contribution in [2.75, 3.05) is 23.3 Å². The highest BCUT2D eigenvalue weighted by molar-refractivity contribution is 8.00. The van der Waals surface area contributed by atoms with Crippen LogP contribution >= 0.6 is 11.8 Å². The van der Waals surface area contributed by atoms with Crippen LogP contribution in [0, 0.1) is 0 Å². The SMILES string of the molecule is CC(Sc1nnc(-c2cccnc2)n1Cc1ccccc1)C(=O)Nc1ccc(N2CCCCC2)cc1. The lowest BCUT2D eigenvalue weighted by atomic mass is 10.1. The first kappa shape index (κ1) is 24.1. The van der Waals surface area contributed by atoms with E-state index in [4.69, 9.17) is 0 Å². The van der Waals surface area contributed by atoms with Crippen LogP contribution in [0.4, 0.5) is 11.4 Å². The van der Waals surface area contributed by atoms with Crippen LogP contribution in [0.3, 0.4) is 0 Å². The normalized spacial score (nSPS) is 14.4. The molecule has 8 heteroatoms. The molecule has 0 spiro atoms. The standard InChI is InChI=1S/C28H30N6OS/c1-21(27(35)30-24-12-14-25(15-13-24)33-17-6-3-7-18-33)36-28-32-31-26(23-11-8-16-29-19-23)34(28)20-22-9-4-2-5-10-22/h2,4-5,8-16,19,21H,3,6-7,17-18,20H2,1H3,(H,30,35). The van der Waals surface area contributed by atoms with Gasteiger partial charge in [-0.1, -0.05) is 42.1 Å². The van der Waals surface area contributed by atoms with Crippen LogP contribution in [0.1, 0.15) is 31.7 Å². The van der Waals surface area contributed by atoms with E-state index in [1.54, 1.807) is 12.4 Å². The van der Waals surface area contributed by atoms with Gasteiger partial charge in [-0.05, 0) is 68.1 Å². The molecule has 1 N–H and O–H groups in total. The molecule has 2 aromatic heterocycles. The van der Waals surface area contributed by atoms with Gasteiger partial charge >= 0.3 is 0 Å². The maximum absolute atomic E-state index is 13.0. The summed E-state index contributed by atoms with van der Waals surface area (Å²) in [5, 5.41) is 12.3. The number of rotatable bonds is 8. The van der Waals surface area contributed by atoms with E-state index in [9.17, 15) is 4.79 Å². The van der Waals surface area contributed by atoms with E-state index < -0.39 is 0 Å². The Morgan fingerprint density at radius 1 is 0.972 bits per heavy atom. The number of carbonyl (C=O) groups is 1. The predicted molar refractivity (Wildman–Crippen MR) is 145 cm³/mol. The van der Waals surface area contributed by atoms with E-state index in [0.29, 0.717) is 11.7 Å². The lowest BCUT2D eigenvalue weighted by molar-refractivity contribution is -0.115. The fraction of sp³-hybridized carbons (Fsp3) is 0.286. The van der Waals surface area contributed by atoms with Crippen LogP contribution in [0.25, 0.3) is 11.4 Å². The van der Waals surface area contributed by atoms with E-state index in [0.717, 1.165) is 35.7 Å². The third-order valence-corrected chi connectivity index (χ3v) is 7.41. The Balaban J connectivity index is 1.29. The fourth-order valence-corrected chi connectivity index (χ4v) is 5.20. The molecule has 3 heterocycles. The highest BCUT2D eigenvalue weighted by atomic mass is 32.2. The molecule has 5 rings (SSSR count). The van der Waals surface area contributed by atoms with Gasteiger partial charge in [0.25, 0.3) is 0 Å². The van der Waals surface area contributed by atoms with E-state index >= 15 is 0 Å². The molecule has 2 aromatic carbocycles. The summed E-state index contributed by atoms with van der Waals surface area (Å²) in [4.78, 5) is 19.7. The molecule has 36 heavy (non-hydrogen) atoms. The number of nitrogens with one attached hydrogen (secondary N) is 1. The second-order valence-electron chi connectivity index (χ2n) is 8.96. The summed E-state index contributed by atoms with van der Waals surface area (Å²) < 4.78 is 2.05. The van der Waals surface area contributed by atoms with E-state index in [1.165, 1.54) is 36.7 Å². The van der Waals surface area contributed by atoms with Gasteiger partial charge in [-0.3, -0.25) is 14.3 Å². The molecular formula is C28H30N6OS. The number of nitrogens with zero attached hydrogens (tertiary/aromatic N) is 5. The Hall–Kier alpha value is -3.65. The van der Waals surface area contributed by atoms with Gasteiger partial charge in [-0.25, -0.2) is 0 Å². The monoisotopic (exact) mass is 498 g/mol. The van der Waals surface area contributed by atoms with Crippen molar-refractivity contribution >= 4 is 29.0 Å². The second kappa shape index (κ2) is 11.4. The van der Waals surface area contributed by atoms with Crippen molar-refractivity contribution in [1.29, 1.82) is 0 Å². The predicted octanol–water partition coefficient (Wildman–Crippen LogP) is 5.50.